The molecule has 1 unspecified atom stereocenters. The average Bonchev–Trinajstić information content (AvgIpc) is 2.43. The van der Waals surface area contributed by atoms with Crippen molar-refractivity contribution < 1.29 is 9.13 Å². The Morgan fingerprint density at radius 3 is 2.50 bits per heavy atom. The molecule has 0 saturated heterocycles. The van der Waals surface area contributed by atoms with Crippen molar-refractivity contribution in [2.24, 2.45) is 5.73 Å². The zero-order valence-corrected chi connectivity index (χ0v) is 12.2. The van der Waals surface area contributed by atoms with E-state index in [0.29, 0.717) is 29.4 Å². The number of hydrogen-bond donors (Lipinski definition) is 1. The van der Waals surface area contributed by atoms with Crippen molar-refractivity contribution >= 4 is 23.2 Å². The number of hydrogen-bond acceptors (Lipinski definition) is 2. The second kappa shape index (κ2) is 6.93. The third-order valence-corrected chi connectivity index (χ3v) is 3.47. The van der Waals surface area contributed by atoms with E-state index in [1.54, 1.807) is 36.4 Å². The van der Waals surface area contributed by atoms with Crippen LogP contribution in [-0.2, 0) is 6.42 Å². The second-order valence-corrected chi connectivity index (χ2v) is 5.26. The van der Waals surface area contributed by atoms with Crippen LogP contribution in [0, 0.1) is 5.82 Å². The first kappa shape index (κ1) is 15.1. The van der Waals surface area contributed by atoms with Crippen molar-refractivity contribution in [3.63, 3.8) is 0 Å². The minimum atomic E-state index is -0.435. The summed E-state index contributed by atoms with van der Waals surface area (Å²) in [6, 6.07) is 11.4. The first-order valence-electron chi connectivity index (χ1n) is 6.13. The van der Waals surface area contributed by atoms with Crippen LogP contribution in [-0.4, -0.2) is 12.6 Å². The van der Waals surface area contributed by atoms with Gasteiger partial charge >= 0.3 is 0 Å². The number of rotatable bonds is 5. The van der Waals surface area contributed by atoms with Crippen LogP contribution in [0.2, 0.25) is 10.0 Å². The quantitative estimate of drug-likeness (QED) is 0.902. The van der Waals surface area contributed by atoms with Gasteiger partial charge in [-0.25, -0.2) is 4.39 Å². The summed E-state index contributed by atoms with van der Waals surface area (Å²) in [5, 5.41) is 0.766. The van der Waals surface area contributed by atoms with Crippen molar-refractivity contribution in [3.8, 4) is 5.75 Å². The molecule has 0 aliphatic heterocycles. The fraction of sp³-hybridized carbons (Fsp3) is 0.200. The number of nitrogens with two attached hydrogens (primary N) is 1. The third-order valence-electron chi connectivity index (χ3n) is 2.79. The fourth-order valence-corrected chi connectivity index (χ4v) is 2.11. The van der Waals surface area contributed by atoms with Crippen LogP contribution in [0.4, 0.5) is 4.39 Å². The Balaban J connectivity index is 1.91. The minimum absolute atomic E-state index is 0.120. The lowest BCUT2D eigenvalue weighted by molar-refractivity contribution is 0.287. The van der Waals surface area contributed by atoms with Gasteiger partial charge in [-0.1, -0.05) is 35.3 Å². The smallest absolute Gasteiger partial charge is 0.142 e. The van der Waals surface area contributed by atoms with Gasteiger partial charge in [-0.3, -0.25) is 0 Å². The van der Waals surface area contributed by atoms with Crippen molar-refractivity contribution in [2.75, 3.05) is 6.61 Å². The van der Waals surface area contributed by atoms with Crippen LogP contribution < -0.4 is 10.5 Å². The summed E-state index contributed by atoms with van der Waals surface area (Å²) < 4.78 is 18.8. The van der Waals surface area contributed by atoms with E-state index >= 15 is 0 Å². The average molecular weight is 314 g/mol. The molecule has 0 saturated carbocycles. The van der Waals surface area contributed by atoms with Gasteiger partial charge in [0, 0.05) is 11.1 Å². The van der Waals surface area contributed by atoms with Crippen LogP contribution in [0.5, 0.6) is 5.75 Å². The van der Waals surface area contributed by atoms with Crippen molar-refractivity contribution in [1.82, 2.24) is 0 Å². The van der Waals surface area contributed by atoms with E-state index in [9.17, 15) is 4.39 Å². The zero-order chi connectivity index (χ0) is 14.5. The van der Waals surface area contributed by atoms with Crippen molar-refractivity contribution in [3.05, 3.63) is 63.9 Å². The molecule has 2 nitrogen and oxygen atoms in total. The lowest BCUT2D eigenvalue weighted by Crippen LogP contribution is -2.30. The Morgan fingerprint density at radius 1 is 1.10 bits per heavy atom. The van der Waals surface area contributed by atoms with E-state index in [0.717, 1.165) is 0 Å². The summed E-state index contributed by atoms with van der Waals surface area (Å²) in [7, 11) is 0. The van der Waals surface area contributed by atoms with Gasteiger partial charge in [-0.2, -0.15) is 0 Å². The molecule has 2 aromatic rings. The van der Waals surface area contributed by atoms with E-state index in [2.05, 4.69) is 0 Å². The minimum Gasteiger partial charge on any atom is -0.492 e. The molecule has 0 radical (unpaired) electrons. The molecule has 0 heterocycles. The first-order chi connectivity index (χ1) is 9.56. The van der Waals surface area contributed by atoms with E-state index < -0.39 is 5.82 Å². The summed E-state index contributed by atoms with van der Waals surface area (Å²) in [6.07, 6.45) is 0.449. The molecule has 0 amide bonds. The van der Waals surface area contributed by atoms with Gasteiger partial charge in [0.2, 0.25) is 0 Å². The molecule has 0 fully saturated rings. The molecular formula is C15H14Cl2FNO. The molecule has 0 bridgehead atoms. The summed E-state index contributed by atoms with van der Waals surface area (Å²) in [5.74, 6) is 0.255. The molecule has 2 N–H and O–H groups in total. The van der Waals surface area contributed by atoms with Crippen LogP contribution >= 0.6 is 23.2 Å². The second-order valence-electron chi connectivity index (χ2n) is 4.44. The summed E-state index contributed by atoms with van der Waals surface area (Å²) in [4.78, 5) is 0. The monoisotopic (exact) mass is 313 g/mol. The number of halogens is 3. The van der Waals surface area contributed by atoms with Gasteiger partial charge in [0.1, 0.15) is 18.2 Å². The predicted molar refractivity (Wildman–Crippen MR) is 80.0 cm³/mol. The van der Waals surface area contributed by atoms with Gasteiger partial charge in [-0.05, 0) is 42.3 Å². The third kappa shape index (κ3) is 4.10. The molecule has 2 rings (SSSR count). The molecule has 0 aliphatic carbocycles. The maximum Gasteiger partial charge on any atom is 0.142 e. The molecule has 106 valence electrons. The van der Waals surface area contributed by atoms with E-state index in [1.165, 1.54) is 6.07 Å². The Bertz CT molecular complexity index is 575. The van der Waals surface area contributed by atoms with Gasteiger partial charge < -0.3 is 10.5 Å². The first-order valence-corrected chi connectivity index (χ1v) is 6.88. The van der Waals surface area contributed by atoms with E-state index in [-0.39, 0.29) is 11.1 Å². The maximum atomic E-state index is 13.3. The van der Waals surface area contributed by atoms with Crippen molar-refractivity contribution in [1.29, 1.82) is 0 Å². The largest absolute Gasteiger partial charge is 0.492 e. The summed E-state index contributed by atoms with van der Waals surface area (Å²) >= 11 is 11.7. The fourth-order valence-electron chi connectivity index (χ4n) is 1.78. The van der Waals surface area contributed by atoms with Crippen LogP contribution in [0.25, 0.3) is 0 Å². The van der Waals surface area contributed by atoms with E-state index in [1.807, 2.05) is 0 Å². The predicted octanol–water partition coefficient (Wildman–Crippen LogP) is 4.08. The van der Waals surface area contributed by atoms with Crippen LogP contribution in [0.3, 0.4) is 0 Å². The topological polar surface area (TPSA) is 35.2 Å². The lowest BCUT2D eigenvalue weighted by atomic mass is 10.1. The Morgan fingerprint density at radius 2 is 1.80 bits per heavy atom. The summed E-state index contributed by atoms with van der Waals surface area (Å²) in [6.45, 7) is 0.314. The van der Waals surface area contributed by atoms with Gasteiger partial charge in [0.15, 0.2) is 0 Å². The van der Waals surface area contributed by atoms with Crippen LogP contribution in [0.1, 0.15) is 5.56 Å². The molecule has 0 spiro atoms. The molecule has 0 aromatic heterocycles. The Kier molecular flexibility index (Phi) is 5.24. The van der Waals surface area contributed by atoms with Gasteiger partial charge in [0.25, 0.3) is 0 Å². The maximum absolute atomic E-state index is 13.3. The lowest BCUT2D eigenvalue weighted by Gasteiger charge is -2.14. The van der Waals surface area contributed by atoms with E-state index in [4.69, 9.17) is 33.7 Å². The zero-order valence-electron chi connectivity index (χ0n) is 10.7. The molecule has 20 heavy (non-hydrogen) atoms. The highest BCUT2D eigenvalue weighted by atomic mass is 35.5. The Hall–Kier alpha value is -1.29. The number of benzene rings is 2. The molecule has 2 aromatic carbocycles. The molecular weight excluding hydrogens is 300 g/mol. The highest BCUT2D eigenvalue weighted by molar-refractivity contribution is 6.31. The SMILES string of the molecule is NC(COc1ccc(Cl)cc1)Cc1cccc(F)c1Cl. The van der Waals surface area contributed by atoms with Crippen LogP contribution in [0.15, 0.2) is 42.5 Å². The summed E-state index contributed by atoms with van der Waals surface area (Å²) in [5.41, 5.74) is 6.65. The van der Waals surface area contributed by atoms with Gasteiger partial charge in [0.05, 0.1) is 5.02 Å². The normalized spacial score (nSPS) is 12.2. The highest BCUT2D eigenvalue weighted by Crippen LogP contribution is 2.21. The molecule has 1 atom stereocenters. The van der Waals surface area contributed by atoms with Gasteiger partial charge in [-0.15, -0.1) is 0 Å². The molecule has 5 heteroatoms. The number of ether oxygens (including phenoxy) is 1. The van der Waals surface area contributed by atoms with Crippen molar-refractivity contribution in [2.45, 2.75) is 12.5 Å². The Labute approximate surface area is 127 Å². The standard InChI is InChI=1S/C15H14Cl2FNO/c16-11-4-6-13(7-5-11)20-9-12(19)8-10-2-1-3-14(18)15(10)17/h1-7,12H,8-9,19H2. The molecule has 0 aliphatic rings. The highest BCUT2D eigenvalue weighted by Gasteiger charge is 2.11.